The van der Waals surface area contributed by atoms with Crippen LogP contribution in [0.15, 0.2) is 54.9 Å². The third-order valence-corrected chi connectivity index (χ3v) is 5.71. The van der Waals surface area contributed by atoms with E-state index < -0.39 is 17.6 Å². The first-order chi connectivity index (χ1) is 16.9. The number of carbonyl (C=O) groups is 2. The zero-order valence-electron chi connectivity index (χ0n) is 19.0. The summed E-state index contributed by atoms with van der Waals surface area (Å²) in [7, 11) is 1.60. The number of fused-ring (bicyclic) bond motifs is 1. The minimum absolute atomic E-state index is 0.0337. The van der Waals surface area contributed by atoms with Crippen LogP contribution in [-0.4, -0.2) is 70.2 Å². The van der Waals surface area contributed by atoms with Crippen LogP contribution in [0.4, 0.5) is 5.69 Å². The maximum Gasteiger partial charge on any atom is 0.291 e. The number of rotatable bonds is 4. The number of hydrogen-bond donors (Lipinski definition) is 2. The molecule has 10 heteroatoms. The van der Waals surface area contributed by atoms with E-state index in [0.29, 0.717) is 23.5 Å². The Morgan fingerprint density at radius 3 is 2.80 bits per heavy atom. The van der Waals surface area contributed by atoms with Gasteiger partial charge in [0.25, 0.3) is 11.8 Å². The molecule has 1 fully saturated rings. The molecule has 10 nitrogen and oxygen atoms in total. The SMILES string of the molecule is CN1C(=O)[C@H](NC(=O)c2ncn(Cc3ccccc3)n2)COc2ccc(C#CC3(O)COC3)cc21. The number of hydrogen-bond acceptors (Lipinski definition) is 7. The summed E-state index contributed by atoms with van der Waals surface area (Å²) in [4.78, 5) is 31.3. The molecule has 0 radical (unpaired) electrons. The van der Waals surface area contributed by atoms with Gasteiger partial charge in [0.05, 0.1) is 25.4 Å². The first-order valence-corrected chi connectivity index (χ1v) is 11.0. The van der Waals surface area contributed by atoms with Gasteiger partial charge in [-0.25, -0.2) is 9.67 Å². The quantitative estimate of drug-likeness (QED) is 0.533. The van der Waals surface area contributed by atoms with Gasteiger partial charge >= 0.3 is 0 Å². The molecule has 0 aliphatic carbocycles. The molecule has 2 aliphatic rings. The topological polar surface area (TPSA) is 119 Å². The summed E-state index contributed by atoms with van der Waals surface area (Å²) in [5.41, 5.74) is 1.02. The first-order valence-electron chi connectivity index (χ1n) is 11.0. The predicted octanol–water partition coefficient (Wildman–Crippen LogP) is 0.593. The highest BCUT2D eigenvalue weighted by Crippen LogP contribution is 2.31. The third kappa shape index (κ3) is 4.87. The van der Waals surface area contributed by atoms with E-state index >= 15 is 0 Å². The Labute approximate surface area is 201 Å². The van der Waals surface area contributed by atoms with Crippen LogP contribution in [-0.2, 0) is 16.1 Å². The molecule has 0 spiro atoms. The Bertz CT molecular complexity index is 1320. The summed E-state index contributed by atoms with van der Waals surface area (Å²) in [6.45, 7) is 0.773. The largest absolute Gasteiger partial charge is 0.489 e. The van der Waals surface area contributed by atoms with Gasteiger partial charge in [-0.2, -0.15) is 0 Å². The van der Waals surface area contributed by atoms with Gasteiger partial charge in [0, 0.05) is 12.6 Å². The summed E-state index contributed by atoms with van der Waals surface area (Å²) in [6.07, 6.45) is 1.48. The second-order valence-corrected chi connectivity index (χ2v) is 8.44. The molecule has 3 heterocycles. The summed E-state index contributed by atoms with van der Waals surface area (Å²) < 4.78 is 12.4. The molecule has 0 unspecified atom stereocenters. The van der Waals surface area contributed by atoms with Crippen LogP contribution < -0.4 is 15.0 Å². The van der Waals surface area contributed by atoms with E-state index in [9.17, 15) is 14.7 Å². The van der Waals surface area contributed by atoms with Gasteiger partial charge in [-0.05, 0) is 23.8 Å². The molecule has 2 aromatic carbocycles. The fraction of sp³-hybridized carbons (Fsp3) is 0.280. The van der Waals surface area contributed by atoms with E-state index in [1.165, 1.54) is 11.2 Å². The van der Waals surface area contributed by atoms with Crippen LogP contribution in [0.3, 0.4) is 0 Å². The van der Waals surface area contributed by atoms with E-state index in [0.717, 1.165) is 5.56 Å². The number of aliphatic hydroxyl groups is 1. The lowest BCUT2D eigenvalue weighted by molar-refractivity contribution is -0.140. The number of nitrogens with one attached hydrogen (secondary N) is 1. The summed E-state index contributed by atoms with van der Waals surface area (Å²) in [6, 6.07) is 13.9. The van der Waals surface area contributed by atoms with Gasteiger partial charge < -0.3 is 24.8 Å². The van der Waals surface area contributed by atoms with E-state index in [1.807, 2.05) is 30.3 Å². The Morgan fingerprint density at radius 1 is 1.26 bits per heavy atom. The third-order valence-electron chi connectivity index (χ3n) is 5.71. The van der Waals surface area contributed by atoms with Crippen molar-refractivity contribution in [2.45, 2.75) is 18.2 Å². The summed E-state index contributed by atoms with van der Waals surface area (Å²) >= 11 is 0. The molecule has 0 bridgehead atoms. The highest BCUT2D eigenvalue weighted by Gasteiger charge is 2.34. The molecular weight excluding hydrogens is 450 g/mol. The van der Waals surface area contributed by atoms with Crippen molar-refractivity contribution in [3.05, 3.63) is 71.8 Å². The van der Waals surface area contributed by atoms with Crippen molar-refractivity contribution < 1.29 is 24.2 Å². The molecule has 2 amide bonds. The fourth-order valence-electron chi connectivity index (χ4n) is 3.70. The van der Waals surface area contributed by atoms with Crippen LogP contribution in [0.1, 0.15) is 21.7 Å². The number of amides is 2. The number of likely N-dealkylation sites (N-methyl/N-ethyl adjacent to an activating group) is 1. The second kappa shape index (κ2) is 9.21. The number of anilines is 1. The molecule has 1 atom stereocenters. The zero-order valence-corrected chi connectivity index (χ0v) is 19.0. The maximum atomic E-state index is 13.1. The van der Waals surface area contributed by atoms with E-state index in [2.05, 4.69) is 27.2 Å². The Kier molecular flexibility index (Phi) is 5.94. The molecule has 1 aromatic heterocycles. The standard InChI is InChI=1S/C25H23N5O5/c1-29-20-11-17(9-10-25(33)14-34-15-25)7-8-21(20)35-13-19(24(29)32)27-23(31)22-26-16-30(28-22)12-18-5-3-2-4-6-18/h2-8,11,16,19,33H,12-15H2,1H3,(H,27,31)/t19-/m1/s1. The average Bonchev–Trinajstić information content (AvgIpc) is 3.28. The van der Waals surface area contributed by atoms with Gasteiger partial charge in [0.15, 0.2) is 5.60 Å². The highest BCUT2D eigenvalue weighted by molar-refractivity contribution is 6.02. The number of ether oxygens (including phenoxy) is 2. The average molecular weight is 473 g/mol. The van der Waals surface area contributed by atoms with Crippen molar-refractivity contribution in [3.63, 3.8) is 0 Å². The lowest BCUT2D eigenvalue weighted by atomic mass is 10.0. The molecule has 2 aliphatic heterocycles. The molecule has 0 saturated carbocycles. The van der Waals surface area contributed by atoms with E-state index in [4.69, 9.17) is 9.47 Å². The summed E-state index contributed by atoms with van der Waals surface area (Å²) in [5.74, 6) is 5.24. The van der Waals surface area contributed by atoms with Crippen LogP contribution in [0, 0.1) is 11.8 Å². The van der Waals surface area contributed by atoms with Crippen molar-refractivity contribution in [3.8, 4) is 17.6 Å². The number of nitrogens with zero attached hydrogens (tertiary/aromatic N) is 4. The Hall–Kier alpha value is -4.20. The molecule has 5 rings (SSSR count). The van der Waals surface area contributed by atoms with Gasteiger partial charge in [0.1, 0.15) is 24.7 Å². The van der Waals surface area contributed by atoms with Crippen LogP contribution >= 0.6 is 0 Å². The molecule has 35 heavy (non-hydrogen) atoms. The zero-order chi connectivity index (χ0) is 24.4. The minimum Gasteiger partial charge on any atom is -0.489 e. The number of benzene rings is 2. The van der Waals surface area contributed by atoms with Crippen LogP contribution in [0.5, 0.6) is 5.75 Å². The lowest BCUT2D eigenvalue weighted by Crippen LogP contribution is -2.49. The van der Waals surface area contributed by atoms with Gasteiger partial charge in [-0.15, -0.1) is 5.10 Å². The Morgan fingerprint density at radius 2 is 2.06 bits per heavy atom. The second-order valence-electron chi connectivity index (χ2n) is 8.44. The van der Waals surface area contributed by atoms with Crippen molar-refractivity contribution in [2.24, 2.45) is 0 Å². The predicted molar refractivity (Wildman–Crippen MR) is 125 cm³/mol. The van der Waals surface area contributed by atoms with Gasteiger partial charge in [0.2, 0.25) is 5.82 Å². The molecule has 2 N–H and O–H groups in total. The van der Waals surface area contributed by atoms with Crippen molar-refractivity contribution >= 4 is 17.5 Å². The molecule has 1 saturated heterocycles. The van der Waals surface area contributed by atoms with Crippen molar-refractivity contribution in [1.29, 1.82) is 0 Å². The summed E-state index contributed by atoms with van der Waals surface area (Å²) in [5, 5.41) is 17.0. The van der Waals surface area contributed by atoms with E-state index in [1.54, 1.807) is 29.9 Å². The monoisotopic (exact) mass is 473 g/mol. The smallest absolute Gasteiger partial charge is 0.291 e. The minimum atomic E-state index is -1.14. The highest BCUT2D eigenvalue weighted by atomic mass is 16.5. The van der Waals surface area contributed by atoms with Crippen molar-refractivity contribution in [2.75, 3.05) is 31.8 Å². The van der Waals surface area contributed by atoms with Crippen LogP contribution in [0.2, 0.25) is 0 Å². The van der Waals surface area contributed by atoms with Gasteiger partial charge in [-0.3, -0.25) is 9.59 Å². The first kappa shape index (κ1) is 22.6. The van der Waals surface area contributed by atoms with E-state index in [-0.39, 0.29) is 31.6 Å². The number of carbonyl (C=O) groups excluding carboxylic acids is 2. The normalized spacial score (nSPS) is 18.3. The Balaban J connectivity index is 1.27. The van der Waals surface area contributed by atoms with Crippen molar-refractivity contribution in [1.82, 2.24) is 20.1 Å². The van der Waals surface area contributed by atoms with Crippen LogP contribution in [0.25, 0.3) is 0 Å². The fourth-order valence-corrected chi connectivity index (χ4v) is 3.70. The molecule has 3 aromatic rings. The van der Waals surface area contributed by atoms with Gasteiger partial charge in [-0.1, -0.05) is 42.2 Å². The lowest BCUT2D eigenvalue weighted by Gasteiger charge is -2.30. The molecular formula is C25H23N5O5. The maximum absolute atomic E-state index is 13.1. The number of aromatic nitrogens is 3. The molecule has 178 valence electrons.